The normalized spacial score (nSPS) is 13.5. The summed E-state index contributed by atoms with van der Waals surface area (Å²) in [7, 11) is -3.47. The predicted octanol–water partition coefficient (Wildman–Crippen LogP) is 2.08. The van der Waals surface area contributed by atoms with E-state index >= 15 is 0 Å². The fourth-order valence-electron chi connectivity index (χ4n) is 2.75. The van der Waals surface area contributed by atoms with Crippen LogP contribution in [0, 0.1) is 6.92 Å². The minimum absolute atomic E-state index is 0.102. The third-order valence-corrected chi connectivity index (χ3v) is 5.84. The molecule has 0 saturated heterocycles. The number of hydrogen-bond acceptors (Lipinski definition) is 5. The van der Waals surface area contributed by atoms with Crippen molar-refractivity contribution in [2.75, 3.05) is 11.1 Å². The lowest BCUT2D eigenvalue weighted by Gasteiger charge is -2.09. The van der Waals surface area contributed by atoms with E-state index in [0.717, 1.165) is 36.1 Å². The Kier molecular flexibility index (Phi) is 4.62. The fourth-order valence-corrected chi connectivity index (χ4v) is 3.99. The molecule has 3 rings (SSSR count). The molecule has 0 radical (unpaired) electrons. The molecular weight excluding hydrogens is 326 g/mol. The van der Waals surface area contributed by atoms with Crippen molar-refractivity contribution in [1.29, 1.82) is 0 Å². The average Bonchev–Trinajstić information content (AvgIpc) is 3.03. The first kappa shape index (κ1) is 16.6. The van der Waals surface area contributed by atoms with Crippen molar-refractivity contribution in [1.82, 2.24) is 9.97 Å². The standard InChI is InChI=1S/C17H19N3O3S/c1-12-5-7-13(8-6-12)24(22,23)10-9-16(21)20-17-14-3-2-4-15(14)18-11-19-17/h5-8,11H,2-4,9-10H2,1H3,(H,18,19,20,21). The molecule has 1 N–H and O–H groups in total. The van der Waals surface area contributed by atoms with Gasteiger partial charge in [0.2, 0.25) is 5.91 Å². The molecule has 1 aliphatic carbocycles. The zero-order valence-electron chi connectivity index (χ0n) is 13.4. The summed E-state index contributed by atoms with van der Waals surface area (Å²) in [6.07, 6.45) is 4.06. The second kappa shape index (κ2) is 6.68. The van der Waals surface area contributed by atoms with Gasteiger partial charge in [0.05, 0.1) is 10.6 Å². The quantitative estimate of drug-likeness (QED) is 0.896. The van der Waals surface area contributed by atoms with E-state index in [9.17, 15) is 13.2 Å². The maximum absolute atomic E-state index is 12.3. The summed E-state index contributed by atoms with van der Waals surface area (Å²) in [4.78, 5) is 20.7. The Morgan fingerprint density at radius 3 is 2.67 bits per heavy atom. The van der Waals surface area contributed by atoms with Crippen molar-refractivity contribution < 1.29 is 13.2 Å². The molecule has 7 heteroatoms. The van der Waals surface area contributed by atoms with Crippen LogP contribution in [0.4, 0.5) is 5.82 Å². The molecule has 1 heterocycles. The van der Waals surface area contributed by atoms with Gasteiger partial charge in [0, 0.05) is 17.7 Å². The molecule has 0 fully saturated rings. The molecule has 0 aliphatic heterocycles. The van der Waals surface area contributed by atoms with Crippen LogP contribution in [0.1, 0.15) is 29.7 Å². The summed E-state index contributed by atoms with van der Waals surface area (Å²) in [5, 5.41) is 2.72. The second-order valence-electron chi connectivity index (χ2n) is 5.93. The zero-order chi connectivity index (χ0) is 17.2. The Hall–Kier alpha value is -2.28. The summed E-state index contributed by atoms with van der Waals surface area (Å²) in [5.41, 5.74) is 2.92. The second-order valence-corrected chi connectivity index (χ2v) is 8.04. The molecular formula is C17H19N3O3S. The van der Waals surface area contributed by atoms with Crippen LogP contribution in [0.2, 0.25) is 0 Å². The van der Waals surface area contributed by atoms with E-state index in [1.165, 1.54) is 6.33 Å². The van der Waals surface area contributed by atoms with Gasteiger partial charge in [-0.15, -0.1) is 0 Å². The predicted molar refractivity (Wildman–Crippen MR) is 90.5 cm³/mol. The summed E-state index contributed by atoms with van der Waals surface area (Å²) >= 11 is 0. The number of aromatic nitrogens is 2. The van der Waals surface area contributed by atoms with Crippen LogP contribution in [-0.2, 0) is 27.5 Å². The summed E-state index contributed by atoms with van der Waals surface area (Å²) in [6, 6.07) is 6.63. The van der Waals surface area contributed by atoms with Crippen LogP contribution in [0.25, 0.3) is 0 Å². The zero-order valence-corrected chi connectivity index (χ0v) is 14.3. The number of amides is 1. The van der Waals surface area contributed by atoms with Gasteiger partial charge in [-0.05, 0) is 38.3 Å². The third kappa shape index (κ3) is 3.62. The Morgan fingerprint density at radius 1 is 1.17 bits per heavy atom. The molecule has 0 spiro atoms. The number of nitrogens with one attached hydrogen (secondary N) is 1. The molecule has 126 valence electrons. The molecule has 1 aromatic heterocycles. The first-order valence-electron chi connectivity index (χ1n) is 7.88. The molecule has 6 nitrogen and oxygen atoms in total. The molecule has 0 atom stereocenters. The van der Waals surface area contributed by atoms with E-state index in [2.05, 4.69) is 15.3 Å². The highest BCUT2D eigenvalue weighted by Crippen LogP contribution is 2.25. The number of rotatable bonds is 5. The van der Waals surface area contributed by atoms with E-state index < -0.39 is 9.84 Å². The van der Waals surface area contributed by atoms with Gasteiger partial charge in [-0.1, -0.05) is 17.7 Å². The smallest absolute Gasteiger partial charge is 0.226 e. The molecule has 1 aliphatic rings. The number of fused-ring (bicyclic) bond motifs is 1. The van der Waals surface area contributed by atoms with Crippen molar-refractivity contribution in [3.63, 3.8) is 0 Å². The van der Waals surface area contributed by atoms with E-state index in [0.29, 0.717) is 5.82 Å². The Labute approximate surface area is 141 Å². The Bertz CT molecular complexity index is 861. The topological polar surface area (TPSA) is 89.0 Å². The van der Waals surface area contributed by atoms with Gasteiger partial charge in [-0.2, -0.15) is 0 Å². The first-order valence-corrected chi connectivity index (χ1v) is 9.53. The SMILES string of the molecule is Cc1ccc(S(=O)(=O)CCC(=O)Nc2ncnc3c2CCC3)cc1. The number of aryl methyl sites for hydroxylation is 2. The van der Waals surface area contributed by atoms with Gasteiger partial charge >= 0.3 is 0 Å². The summed E-state index contributed by atoms with van der Waals surface area (Å²) < 4.78 is 24.6. The average molecular weight is 345 g/mol. The van der Waals surface area contributed by atoms with Gasteiger partial charge in [-0.25, -0.2) is 18.4 Å². The molecule has 1 aromatic carbocycles. The lowest BCUT2D eigenvalue weighted by molar-refractivity contribution is -0.115. The maximum Gasteiger partial charge on any atom is 0.226 e. The van der Waals surface area contributed by atoms with Crippen LogP contribution < -0.4 is 5.32 Å². The molecule has 1 amide bonds. The highest BCUT2D eigenvalue weighted by Gasteiger charge is 2.20. The van der Waals surface area contributed by atoms with Gasteiger partial charge in [0.1, 0.15) is 12.1 Å². The van der Waals surface area contributed by atoms with Crippen LogP contribution in [0.5, 0.6) is 0 Å². The largest absolute Gasteiger partial charge is 0.310 e. The van der Waals surface area contributed by atoms with E-state index in [1.807, 2.05) is 6.92 Å². The minimum atomic E-state index is -3.47. The highest BCUT2D eigenvalue weighted by molar-refractivity contribution is 7.91. The number of carbonyl (C=O) groups is 1. The number of sulfone groups is 1. The van der Waals surface area contributed by atoms with Crippen LogP contribution >= 0.6 is 0 Å². The molecule has 0 unspecified atom stereocenters. The van der Waals surface area contributed by atoms with Crippen molar-refractivity contribution >= 4 is 21.6 Å². The number of benzene rings is 1. The van der Waals surface area contributed by atoms with Crippen molar-refractivity contribution in [2.45, 2.75) is 37.5 Å². The fraction of sp³-hybridized carbons (Fsp3) is 0.353. The van der Waals surface area contributed by atoms with Gasteiger partial charge in [0.25, 0.3) is 0 Å². The molecule has 24 heavy (non-hydrogen) atoms. The number of hydrogen-bond donors (Lipinski definition) is 1. The number of anilines is 1. The van der Waals surface area contributed by atoms with Crippen LogP contribution in [0.3, 0.4) is 0 Å². The van der Waals surface area contributed by atoms with E-state index in [1.54, 1.807) is 24.3 Å². The Morgan fingerprint density at radius 2 is 1.92 bits per heavy atom. The minimum Gasteiger partial charge on any atom is -0.310 e. The Balaban J connectivity index is 1.64. The lowest BCUT2D eigenvalue weighted by atomic mass is 10.2. The van der Waals surface area contributed by atoms with Crippen molar-refractivity contribution in [3.8, 4) is 0 Å². The highest BCUT2D eigenvalue weighted by atomic mass is 32.2. The van der Waals surface area contributed by atoms with Gasteiger partial charge in [-0.3, -0.25) is 4.79 Å². The maximum atomic E-state index is 12.3. The van der Waals surface area contributed by atoms with Crippen LogP contribution in [0.15, 0.2) is 35.5 Å². The third-order valence-electron chi connectivity index (χ3n) is 4.11. The molecule has 0 bridgehead atoms. The lowest BCUT2D eigenvalue weighted by Crippen LogP contribution is -2.19. The van der Waals surface area contributed by atoms with Gasteiger partial charge in [0.15, 0.2) is 9.84 Å². The van der Waals surface area contributed by atoms with Crippen molar-refractivity contribution in [2.24, 2.45) is 0 Å². The van der Waals surface area contributed by atoms with Crippen molar-refractivity contribution in [3.05, 3.63) is 47.4 Å². The van der Waals surface area contributed by atoms with Gasteiger partial charge < -0.3 is 5.32 Å². The first-order chi connectivity index (χ1) is 11.5. The molecule has 0 saturated carbocycles. The van der Waals surface area contributed by atoms with Crippen LogP contribution in [-0.4, -0.2) is 30.0 Å². The summed E-state index contributed by atoms with van der Waals surface area (Å²) in [5.74, 6) is -0.0662. The number of nitrogens with zero attached hydrogens (tertiary/aromatic N) is 2. The van der Waals surface area contributed by atoms with E-state index in [4.69, 9.17) is 0 Å². The van der Waals surface area contributed by atoms with E-state index in [-0.39, 0.29) is 23.0 Å². The molecule has 2 aromatic rings. The monoisotopic (exact) mass is 345 g/mol. The number of carbonyl (C=O) groups excluding carboxylic acids is 1. The summed E-state index contributed by atoms with van der Waals surface area (Å²) in [6.45, 7) is 1.89.